The summed E-state index contributed by atoms with van der Waals surface area (Å²) in [5.74, 6) is -0.670. The van der Waals surface area contributed by atoms with Crippen molar-refractivity contribution in [2.24, 2.45) is 0 Å². The average Bonchev–Trinajstić information content (AvgIpc) is 2.88. The van der Waals surface area contributed by atoms with Crippen LogP contribution in [0.1, 0.15) is 27.2 Å². The Labute approximate surface area is 137 Å². The third kappa shape index (κ3) is 2.67. The molecule has 116 valence electrons. The summed E-state index contributed by atoms with van der Waals surface area (Å²) in [5.41, 5.74) is -0.916. The molecule has 1 N–H and O–H groups in total. The van der Waals surface area contributed by atoms with Crippen LogP contribution >= 0.6 is 11.6 Å². The van der Waals surface area contributed by atoms with E-state index >= 15 is 0 Å². The molecule has 21 heavy (non-hydrogen) atoms. The first-order valence-corrected chi connectivity index (χ1v) is 9.59. The monoisotopic (exact) mass is 376 g/mol. The fourth-order valence-electron chi connectivity index (χ4n) is 3.23. The Bertz CT molecular complexity index is 510. The van der Waals surface area contributed by atoms with Gasteiger partial charge in [0.05, 0.1) is 0 Å². The molecule has 1 aromatic rings. The molecule has 0 amide bonds. The van der Waals surface area contributed by atoms with Crippen LogP contribution in [0.2, 0.25) is 4.82 Å². The van der Waals surface area contributed by atoms with Gasteiger partial charge in [0, 0.05) is 0 Å². The minimum absolute atomic E-state index is 0.00910. The van der Waals surface area contributed by atoms with Gasteiger partial charge in [0.25, 0.3) is 0 Å². The minimum atomic E-state index is -0.916. The fraction of sp³-hybridized carbons (Fsp3) is 0.625. The molecule has 2 aliphatic rings. The molecule has 1 saturated carbocycles. The summed E-state index contributed by atoms with van der Waals surface area (Å²) in [4.78, 5) is -0.00910. The summed E-state index contributed by atoms with van der Waals surface area (Å²) in [6.45, 7) is 5.75. The Morgan fingerprint density at radius 3 is 2.52 bits per heavy atom. The number of rotatable bonds is 3. The van der Waals surface area contributed by atoms with Gasteiger partial charge in [0.2, 0.25) is 0 Å². The molecule has 3 rings (SSSR count). The first-order chi connectivity index (χ1) is 9.87. The van der Waals surface area contributed by atoms with E-state index in [0.717, 1.165) is 0 Å². The van der Waals surface area contributed by atoms with Gasteiger partial charge in [-0.15, -0.1) is 0 Å². The number of benzene rings is 1. The molecule has 5 heteroatoms. The van der Waals surface area contributed by atoms with E-state index in [-0.39, 0.29) is 37.4 Å². The second kappa shape index (κ2) is 5.52. The predicted octanol–water partition coefficient (Wildman–Crippen LogP) is 2.09. The second-order valence-corrected chi connectivity index (χ2v) is 9.21. The van der Waals surface area contributed by atoms with Crippen molar-refractivity contribution in [2.45, 2.75) is 61.0 Å². The molecule has 1 aliphatic heterocycles. The standard InChI is InChI=1S/C16H21ClO3Se/c1-4-16(18)13-12(19-15(2,3)20-13)11(17)14(16)21-10-8-6-5-7-9-10/h5-9,11-14,18H,4H2,1-3H3/t11-,12+,13+,14+,16-/m1/s1. The zero-order valence-corrected chi connectivity index (χ0v) is 14.9. The molecule has 0 unspecified atom stereocenters. The molecule has 2 fully saturated rings. The van der Waals surface area contributed by atoms with E-state index in [1.54, 1.807) is 0 Å². The summed E-state index contributed by atoms with van der Waals surface area (Å²) in [7, 11) is 0. The summed E-state index contributed by atoms with van der Waals surface area (Å²) in [6, 6.07) is 10.2. The van der Waals surface area contributed by atoms with Crippen LogP contribution in [0.5, 0.6) is 0 Å². The Kier molecular flexibility index (Phi) is 4.15. The van der Waals surface area contributed by atoms with Gasteiger partial charge in [-0.05, 0) is 0 Å². The molecule has 0 bridgehead atoms. The van der Waals surface area contributed by atoms with E-state index in [0.29, 0.717) is 6.42 Å². The Hall–Kier alpha value is -0.0905. The summed E-state index contributed by atoms with van der Waals surface area (Å²) >= 11 is 6.75. The van der Waals surface area contributed by atoms with Crippen LogP contribution in [0.25, 0.3) is 0 Å². The van der Waals surface area contributed by atoms with Gasteiger partial charge in [-0.25, -0.2) is 0 Å². The Balaban J connectivity index is 1.88. The first-order valence-electron chi connectivity index (χ1n) is 7.31. The molecule has 5 atom stereocenters. The van der Waals surface area contributed by atoms with Crippen molar-refractivity contribution in [1.82, 2.24) is 0 Å². The van der Waals surface area contributed by atoms with Crippen LogP contribution in [-0.4, -0.2) is 49.0 Å². The van der Waals surface area contributed by atoms with Crippen molar-refractivity contribution in [3.63, 3.8) is 0 Å². The van der Waals surface area contributed by atoms with Gasteiger partial charge < -0.3 is 0 Å². The second-order valence-electron chi connectivity index (χ2n) is 6.16. The van der Waals surface area contributed by atoms with Crippen molar-refractivity contribution in [2.75, 3.05) is 0 Å². The van der Waals surface area contributed by atoms with E-state index in [2.05, 4.69) is 12.1 Å². The first kappa shape index (κ1) is 15.8. The molecule has 1 aromatic carbocycles. The number of hydrogen-bond donors (Lipinski definition) is 1. The van der Waals surface area contributed by atoms with Crippen molar-refractivity contribution < 1.29 is 14.6 Å². The number of ether oxygens (including phenoxy) is 2. The number of alkyl halides is 1. The molecule has 3 nitrogen and oxygen atoms in total. The molecule has 1 heterocycles. The normalized spacial score (nSPS) is 41.2. The zero-order chi connectivity index (χ0) is 15.3. The van der Waals surface area contributed by atoms with Crippen molar-refractivity contribution in [1.29, 1.82) is 0 Å². The maximum atomic E-state index is 11.2. The third-order valence-corrected chi connectivity index (χ3v) is 8.28. The zero-order valence-electron chi connectivity index (χ0n) is 12.5. The van der Waals surface area contributed by atoms with Crippen LogP contribution in [0.4, 0.5) is 0 Å². The van der Waals surface area contributed by atoms with Gasteiger partial charge in [0.1, 0.15) is 0 Å². The summed E-state index contributed by atoms with van der Waals surface area (Å²) < 4.78 is 13.2. The molecular weight excluding hydrogens is 355 g/mol. The molecule has 0 radical (unpaired) electrons. The van der Waals surface area contributed by atoms with Gasteiger partial charge in [-0.1, -0.05) is 0 Å². The predicted molar refractivity (Wildman–Crippen MR) is 84.3 cm³/mol. The van der Waals surface area contributed by atoms with E-state index in [1.165, 1.54) is 4.46 Å². The van der Waals surface area contributed by atoms with E-state index in [9.17, 15) is 5.11 Å². The molecule has 1 saturated heterocycles. The molecule has 0 aromatic heterocycles. The topological polar surface area (TPSA) is 38.7 Å². The van der Waals surface area contributed by atoms with Crippen LogP contribution in [0, 0.1) is 0 Å². The van der Waals surface area contributed by atoms with E-state index in [1.807, 2.05) is 39.0 Å². The van der Waals surface area contributed by atoms with Crippen LogP contribution in [0.3, 0.4) is 0 Å². The van der Waals surface area contributed by atoms with Gasteiger partial charge in [0.15, 0.2) is 0 Å². The van der Waals surface area contributed by atoms with Gasteiger partial charge in [-0.3, -0.25) is 0 Å². The molecule has 0 spiro atoms. The van der Waals surface area contributed by atoms with Crippen molar-refractivity contribution >= 4 is 31.0 Å². The number of halogens is 1. The maximum absolute atomic E-state index is 11.2. The number of hydrogen-bond acceptors (Lipinski definition) is 3. The number of fused-ring (bicyclic) bond motifs is 1. The van der Waals surface area contributed by atoms with E-state index in [4.69, 9.17) is 21.1 Å². The van der Waals surface area contributed by atoms with Crippen molar-refractivity contribution in [3.8, 4) is 0 Å². The van der Waals surface area contributed by atoms with Crippen LogP contribution in [0.15, 0.2) is 30.3 Å². The molecular formula is C16H21ClO3Se. The van der Waals surface area contributed by atoms with E-state index < -0.39 is 11.4 Å². The quantitative estimate of drug-likeness (QED) is 0.649. The summed E-state index contributed by atoms with van der Waals surface area (Å²) in [5, 5.41) is 11.0. The third-order valence-electron chi connectivity index (χ3n) is 4.29. The molecule has 1 aliphatic carbocycles. The Morgan fingerprint density at radius 2 is 1.90 bits per heavy atom. The van der Waals surface area contributed by atoms with Crippen molar-refractivity contribution in [3.05, 3.63) is 30.3 Å². The van der Waals surface area contributed by atoms with Crippen LogP contribution in [-0.2, 0) is 9.47 Å². The fourth-order valence-corrected chi connectivity index (χ4v) is 6.83. The van der Waals surface area contributed by atoms with Crippen LogP contribution < -0.4 is 4.46 Å². The van der Waals surface area contributed by atoms with Gasteiger partial charge in [-0.2, -0.15) is 0 Å². The number of aliphatic hydroxyl groups is 1. The Morgan fingerprint density at radius 1 is 1.24 bits per heavy atom. The average molecular weight is 376 g/mol. The van der Waals surface area contributed by atoms with Gasteiger partial charge >= 0.3 is 137 Å². The summed E-state index contributed by atoms with van der Waals surface area (Å²) in [6.07, 6.45) is 0.0496. The SMILES string of the molecule is CC[C@@]1(O)[C@H]2OC(C)(C)O[C@H]2[C@@H](Cl)[C@@H]1[Se]c1ccccc1.